The molecule has 36 heavy (non-hydrogen) atoms. The lowest BCUT2D eigenvalue weighted by Gasteiger charge is -2.38. The number of nitrogens with one attached hydrogen (secondary N) is 1. The van der Waals surface area contributed by atoms with E-state index in [2.05, 4.69) is 14.7 Å². The van der Waals surface area contributed by atoms with Crippen molar-refractivity contribution in [3.8, 4) is 0 Å². The highest BCUT2D eigenvalue weighted by Gasteiger charge is 2.36. The zero-order valence-electron chi connectivity index (χ0n) is 19.8. The van der Waals surface area contributed by atoms with E-state index < -0.39 is 15.6 Å². The third-order valence-electron chi connectivity index (χ3n) is 6.51. The summed E-state index contributed by atoms with van der Waals surface area (Å²) in [6, 6.07) is 20.5. The second kappa shape index (κ2) is 9.33. The van der Waals surface area contributed by atoms with Gasteiger partial charge in [-0.1, -0.05) is 24.3 Å². The Morgan fingerprint density at radius 3 is 2.39 bits per heavy atom. The molecule has 8 nitrogen and oxygen atoms in total. The molecule has 0 unspecified atom stereocenters. The summed E-state index contributed by atoms with van der Waals surface area (Å²) in [6.45, 7) is 2.68. The van der Waals surface area contributed by atoms with Crippen LogP contribution in [0.3, 0.4) is 0 Å². The third-order valence-corrected chi connectivity index (χ3v) is 7.93. The van der Waals surface area contributed by atoms with Crippen LogP contribution in [0.5, 0.6) is 0 Å². The molecule has 0 atom stereocenters. The molecule has 0 spiro atoms. The Balaban J connectivity index is 1.27. The maximum Gasteiger partial charge on any atom is 0.264 e. The second-order valence-electron chi connectivity index (χ2n) is 9.00. The number of carbonyl (C=O) groups is 1. The summed E-state index contributed by atoms with van der Waals surface area (Å²) < 4.78 is 28.6. The highest BCUT2D eigenvalue weighted by molar-refractivity contribution is 7.93. The van der Waals surface area contributed by atoms with Crippen molar-refractivity contribution in [2.24, 2.45) is 0 Å². The molecular weight excluding hydrogens is 476 g/mol. The van der Waals surface area contributed by atoms with Gasteiger partial charge >= 0.3 is 0 Å². The number of hydrogen-bond donors (Lipinski definition) is 2. The minimum Gasteiger partial charge on any atom is -0.383 e. The molecule has 1 aliphatic rings. The third kappa shape index (κ3) is 4.67. The molecule has 2 aromatic heterocycles. The topological polar surface area (TPSA) is 112 Å². The fourth-order valence-corrected chi connectivity index (χ4v) is 5.74. The van der Waals surface area contributed by atoms with E-state index in [4.69, 9.17) is 0 Å². The van der Waals surface area contributed by atoms with Crippen LogP contribution in [0.4, 0.5) is 5.69 Å². The van der Waals surface area contributed by atoms with Crippen LogP contribution in [-0.4, -0.2) is 47.4 Å². The van der Waals surface area contributed by atoms with Crippen molar-refractivity contribution in [3.63, 3.8) is 0 Å². The van der Waals surface area contributed by atoms with Crippen LogP contribution in [0.2, 0.25) is 0 Å². The van der Waals surface area contributed by atoms with Crippen LogP contribution in [0, 0.1) is 6.92 Å². The SMILES string of the molecule is Cc1cccc(C2(O)CCN(C(=O)c3ccc(NS(=O)(=O)c4cccc5cccnc45)cc3)CC2)n1. The Labute approximate surface area is 209 Å². The van der Waals surface area contributed by atoms with Gasteiger partial charge in [-0.2, -0.15) is 0 Å². The number of hydrogen-bond acceptors (Lipinski definition) is 6. The first-order valence-electron chi connectivity index (χ1n) is 11.7. The Morgan fingerprint density at radius 1 is 0.972 bits per heavy atom. The summed E-state index contributed by atoms with van der Waals surface area (Å²) in [7, 11) is -3.88. The summed E-state index contributed by atoms with van der Waals surface area (Å²) in [6.07, 6.45) is 2.35. The number of fused-ring (bicyclic) bond motifs is 1. The van der Waals surface area contributed by atoms with Gasteiger partial charge in [0.25, 0.3) is 15.9 Å². The van der Waals surface area contributed by atoms with Gasteiger partial charge in [0.1, 0.15) is 10.5 Å². The highest BCUT2D eigenvalue weighted by atomic mass is 32.2. The molecule has 3 heterocycles. The minimum absolute atomic E-state index is 0.0876. The number of piperidine rings is 1. The number of amides is 1. The zero-order chi connectivity index (χ0) is 25.3. The first-order chi connectivity index (χ1) is 17.2. The van der Waals surface area contributed by atoms with E-state index >= 15 is 0 Å². The van der Waals surface area contributed by atoms with E-state index in [1.807, 2.05) is 25.1 Å². The molecule has 4 aromatic rings. The summed E-state index contributed by atoms with van der Waals surface area (Å²) >= 11 is 0. The molecule has 0 aliphatic carbocycles. The number of likely N-dealkylation sites (tertiary alicyclic amines) is 1. The number of nitrogens with zero attached hydrogens (tertiary/aromatic N) is 3. The van der Waals surface area contributed by atoms with Gasteiger partial charge in [-0.3, -0.25) is 19.5 Å². The van der Waals surface area contributed by atoms with Crippen LogP contribution >= 0.6 is 0 Å². The molecule has 184 valence electrons. The lowest BCUT2D eigenvalue weighted by Crippen LogP contribution is -2.45. The average molecular weight is 503 g/mol. The molecule has 1 fully saturated rings. The van der Waals surface area contributed by atoms with Gasteiger partial charge in [0.15, 0.2) is 0 Å². The standard InChI is InChI=1S/C27H26N4O4S/c1-19-5-2-9-24(29-19)27(33)14-17-31(18-15-27)26(32)21-10-12-22(13-11-21)30-36(34,35)23-8-3-6-20-7-4-16-28-25(20)23/h2-13,16,30,33H,14-15,17-18H2,1H3. The predicted octanol–water partition coefficient (Wildman–Crippen LogP) is 3.86. The van der Waals surface area contributed by atoms with Crippen molar-refractivity contribution < 1.29 is 18.3 Å². The number of aromatic nitrogens is 2. The first-order valence-corrected chi connectivity index (χ1v) is 13.2. The molecule has 0 radical (unpaired) electrons. The van der Waals surface area contributed by atoms with Gasteiger partial charge in [0, 0.05) is 41.6 Å². The molecule has 5 rings (SSSR count). The summed E-state index contributed by atoms with van der Waals surface area (Å²) in [4.78, 5) is 23.5. The molecule has 1 amide bonds. The summed E-state index contributed by atoms with van der Waals surface area (Å²) in [5.41, 5.74) is 1.60. The fraction of sp³-hybridized carbons (Fsp3) is 0.222. The minimum atomic E-state index is -3.88. The number of anilines is 1. The van der Waals surface area contributed by atoms with Crippen molar-refractivity contribution >= 4 is 32.5 Å². The normalized spacial score (nSPS) is 15.6. The van der Waals surface area contributed by atoms with Crippen molar-refractivity contribution in [3.05, 3.63) is 95.9 Å². The van der Waals surface area contributed by atoms with Crippen molar-refractivity contribution in [1.82, 2.24) is 14.9 Å². The Morgan fingerprint density at radius 2 is 1.67 bits per heavy atom. The van der Waals surface area contributed by atoms with Gasteiger partial charge in [-0.05, 0) is 68.3 Å². The van der Waals surface area contributed by atoms with Crippen molar-refractivity contribution in [1.29, 1.82) is 0 Å². The van der Waals surface area contributed by atoms with E-state index in [0.29, 0.717) is 48.4 Å². The van der Waals surface area contributed by atoms with Gasteiger partial charge < -0.3 is 10.0 Å². The molecule has 0 saturated carbocycles. The van der Waals surface area contributed by atoms with Crippen molar-refractivity contribution in [2.75, 3.05) is 17.8 Å². The monoisotopic (exact) mass is 502 g/mol. The molecular formula is C27H26N4O4S. The van der Waals surface area contributed by atoms with E-state index in [-0.39, 0.29) is 10.8 Å². The van der Waals surface area contributed by atoms with Gasteiger partial charge in [-0.15, -0.1) is 0 Å². The van der Waals surface area contributed by atoms with Crippen LogP contribution in [0.1, 0.15) is 34.6 Å². The smallest absolute Gasteiger partial charge is 0.264 e. The number of carbonyl (C=O) groups excluding carboxylic acids is 1. The maximum absolute atomic E-state index is 13.0. The van der Waals surface area contributed by atoms with Crippen LogP contribution < -0.4 is 4.72 Å². The fourth-order valence-electron chi connectivity index (χ4n) is 4.50. The molecule has 1 saturated heterocycles. The quantitative estimate of drug-likeness (QED) is 0.429. The van der Waals surface area contributed by atoms with E-state index in [1.165, 1.54) is 6.07 Å². The number of aryl methyl sites for hydroxylation is 1. The second-order valence-corrected chi connectivity index (χ2v) is 10.7. The average Bonchev–Trinajstić information content (AvgIpc) is 2.88. The van der Waals surface area contributed by atoms with Crippen LogP contribution in [0.15, 0.2) is 83.9 Å². The van der Waals surface area contributed by atoms with Crippen LogP contribution in [0.25, 0.3) is 10.9 Å². The molecule has 1 aliphatic heterocycles. The molecule has 9 heteroatoms. The number of aliphatic hydroxyl groups is 1. The van der Waals surface area contributed by atoms with Gasteiger partial charge in [-0.25, -0.2) is 8.42 Å². The number of para-hydroxylation sites is 1. The summed E-state index contributed by atoms with van der Waals surface area (Å²) in [5.74, 6) is -0.165. The van der Waals surface area contributed by atoms with E-state index in [0.717, 1.165) is 11.1 Å². The van der Waals surface area contributed by atoms with Gasteiger partial charge in [0.05, 0.1) is 11.2 Å². The predicted molar refractivity (Wildman–Crippen MR) is 137 cm³/mol. The largest absolute Gasteiger partial charge is 0.383 e. The zero-order valence-corrected chi connectivity index (χ0v) is 20.6. The Bertz CT molecular complexity index is 1520. The number of pyridine rings is 2. The summed E-state index contributed by atoms with van der Waals surface area (Å²) in [5, 5.41) is 11.8. The number of benzene rings is 2. The molecule has 2 N–H and O–H groups in total. The maximum atomic E-state index is 13.0. The Hall–Kier alpha value is -3.82. The first kappa shape index (κ1) is 23.9. The van der Waals surface area contributed by atoms with Crippen LogP contribution in [-0.2, 0) is 15.6 Å². The Kier molecular flexibility index (Phi) is 6.19. The number of rotatable bonds is 5. The lowest BCUT2D eigenvalue weighted by atomic mass is 9.87. The van der Waals surface area contributed by atoms with E-state index in [1.54, 1.807) is 59.6 Å². The molecule has 0 bridgehead atoms. The number of sulfonamides is 1. The lowest BCUT2D eigenvalue weighted by molar-refractivity contribution is -0.0245. The van der Waals surface area contributed by atoms with Crippen molar-refractivity contribution in [2.45, 2.75) is 30.3 Å². The molecule has 2 aromatic carbocycles. The van der Waals surface area contributed by atoms with E-state index in [9.17, 15) is 18.3 Å². The van der Waals surface area contributed by atoms with Gasteiger partial charge in [0.2, 0.25) is 0 Å². The highest BCUT2D eigenvalue weighted by Crippen LogP contribution is 2.32.